The highest BCUT2D eigenvalue weighted by atomic mass is 32.1. The van der Waals surface area contributed by atoms with Gasteiger partial charge in [-0.05, 0) is 23.6 Å². The Morgan fingerprint density at radius 2 is 2.22 bits per heavy atom. The van der Waals surface area contributed by atoms with Crippen LogP contribution in [-0.4, -0.2) is 11.5 Å². The second kappa shape index (κ2) is 5.19. The molecule has 0 saturated heterocycles. The van der Waals surface area contributed by atoms with Crippen LogP contribution in [-0.2, 0) is 5.41 Å². The molecule has 0 saturated carbocycles. The molecule has 92 valence electrons. The third-order valence-electron chi connectivity index (χ3n) is 2.81. The molecule has 0 amide bonds. The largest absolute Gasteiger partial charge is 0.368 e. The zero-order chi connectivity index (χ0) is 13.0. The lowest BCUT2D eigenvalue weighted by atomic mass is 9.91. The smallest absolute Gasteiger partial charge is 0.143 e. The Morgan fingerprint density at radius 3 is 2.89 bits per heavy atom. The molecule has 4 heteroatoms. The zero-order valence-corrected chi connectivity index (χ0v) is 11.3. The fourth-order valence-corrected chi connectivity index (χ4v) is 2.54. The van der Waals surface area contributed by atoms with E-state index in [4.69, 9.17) is 5.26 Å². The van der Waals surface area contributed by atoms with E-state index in [2.05, 4.69) is 47.7 Å². The number of aromatic nitrogens is 1. The Balaban J connectivity index is 2.10. The molecule has 0 bridgehead atoms. The minimum atomic E-state index is 0.0262. The fourth-order valence-electron chi connectivity index (χ4n) is 1.69. The van der Waals surface area contributed by atoms with Gasteiger partial charge in [0.15, 0.2) is 0 Å². The van der Waals surface area contributed by atoms with Crippen LogP contribution in [0.3, 0.4) is 0 Å². The molecule has 2 heterocycles. The summed E-state index contributed by atoms with van der Waals surface area (Å²) in [6.07, 6.45) is 1.70. The number of nitriles is 1. The van der Waals surface area contributed by atoms with Crippen molar-refractivity contribution in [2.45, 2.75) is 19.3 Å². The topological polar surface area (TPSA) is 48.7 Å². The van der Waals surface area contributed by atoms with Gasteiger partial charge in [0.05, 0.1) is 5.56 Å². The van der Waals surface area contributed by atoms with Gasteiger partial charge in [-0.2, -0.15) is 5.26 Å². The highest BCUT2D eigenvalue weighted by molar-refractivity contribution is 7.10. The monoisotopic (exact) mass is 257 g/mol. The average Bonchev–Trinajstić information content (AvgIpc) is 2.91. The summed E-state index contributed by atoms with van der Waals surface area (Å²) in [7, 11) is 0. The predicted octanol–water partition coefficient (Wildman–Crippen LogP) is 3.40. The van der Waals surface area contributed by atoms with Crippen molar-refractivity contribution in [3.8, 4) is 6.07 Å². The van der Waals surface area contributed by atoms with E-state index < -0.39 is 0 Å². The molecule has 2 aromatic rings. The van der Waals surface area contributed by atoms with Crippen molar-refractivity contribution in [1.82, 2.24) is 4.98 Å². The summed E-state index contributed by atoms with van der Waals surface area (Å²) in [6, 6.07) is 9.88. The van der Waals surface area contributed by atoms with Gasteiger partial charge < -0.3 is 5.32 Å². The Labute approximate surface area is 111 Å². The van der Waals surface area contributed by atoms with Crippen LogP contribution >= 0.6 is 11.3 Å². The zero-order valence-electron chi connectivity index (χ0n) is 10.5. The molecule has 2 aromatic heterocycles. The average molecular weight is 257 g/mol. The van der Waals surface area contributed by atoms with Crippen molar-refractivity contribution < 1.29 is 0 Å². The SMILES string of the molecule is CC(C)(CNc1ncccc1C#N)c1cccs1. The van der Waals surface area contributed by atoms with Crippen molar-refractivity contribution in [3.05, 3.63) is 46.3 Å². The summed E-state index contributed by atoms with van der Waals surface area (Å²) in [5, 5.41) is 14.4. The van der Waals surface area contributed by atoms with E-state index in [1.54, 1.807) is 29.7 Å². The second-order valence-corrected chi connectivity index (χ2v) is 5.67. The fraction of sp³-hybridized carbons (Fsp3) is 0.286. The molecule has 0 spiro atoms. The van der Waals surface area contributed by atoms with Gasteiger partial charge in [-0.25, -0.2) is 4.98 Å². The van der Waals surface area contributed by atoms with Gasteiger partial charge in [0, 0.05) is 23.0 Å². The predicted molar refractivity (Wildman–Crippen MR) is 74.8 cm³/mol. The molecule has 0 atom stereocenters. The van der Waals surface area contributed by atoms with Gasteiger partial charge in [-0.3, -0.25) is 0 Å². The van der Waals surface area contributed by atoms with E-state index in [0.29, 0.717) is 11.4 Å². The first-order chi connectivity index (χ1) is 8.63. The van der Waals surface area contributed by atoms with Gasteiger partial charge in [-0.15, -0.1) is 11.3 Å². The number of nitrogens with one attached hydrogen (secondary N) is 1. The molecule has 0 aromatic carbocycles. The van der Waals surface area contributed by atoms with Gasteiger partial charge in [0.1, 0.15) is 11.9 Å². The van der Waals surface area contributed by atoms with Crippen LogP contribution in [0.1, 0.15) is 24.3 Å². The molecule has 0 radical (unpaired) electrons. The Kier molecular flexibility index (Phi) is 3.63. The first kappa shape index (κ1) is 12.6. The maximum Gasteiger partial charge on any atom is 0.143 e. The van der Waals surface area contributed by atoms with Gasteiger partial charge in [0.2, 0.25) is 0 Å². The van der Waals surface area contributed by atoms with Gasteiger partial charge >= 0.3 is 0 Å². The molecule has 1 N–H and O–H groups in total. The normalized spacial score (nSPS) is 10.9. The molecular formula is C14H15N3S. The quantitative estimate of drug-likeness (QED) is 0.913. The van der Waals surface area contributed by atoms with Crippen LogP contribution in [0.15, 0.2) is 35.8 Å². The van der Waals surface area contributed by atoms with Crippen molar-refractivity contribution in [1.29, 1.82) is 5.26 Å². The van der Waals surface area contributed by atoms with E-state index in [1.165, 1.54) is 4.88 Å². The molecule has 0 aliphatic heterocycles. The van der Waals surface area contributed by atoms with Gasteiger partial charge in [0.25, 0.3) is 0 Å². The number of hydrogen-bond donors (Lipinski definition) is 1. The number of thiophene rings is 1. The number of rotatable bonds is 4. The minimum absolute atomic E-state index is 0.0262. The molecule has 0 unspecified atom stereocenters. The number of nitrogens with zero attached hydrogens (tertiary/aromatic N) is 2. The van der Waals surface area contributed by atoms with Crippen molar-refractivity contribution in [2.24, 2.45) is 0 Å². The van der Waals surface area contributed by atoms with E-state index in [0.717, 1.165) is 6.54 Å². The highest BCUT2D eigenvalue weighted by Gasteiger charge is 2.21. The maximum absolute atomic E-state index is 9.00. The maximum atomic E-state index is 9.00. The van der Waals surface area contributed by atoms with Gasteiger partial charge in [-0.1, -0.05) is 19.9 Å². The Bertz CT molecular complexity index is 553. The summed E-state index contributed by atoms with van der Waals surface area (Å²) >= 11 is 1.75. The van der Waals surface area contributed by atoms with Crippen LogP contribution < -0.4 is 5.32 Å². The molecule has 18 heavy (non-hydrogen) atoms. The summed E-state index contributed by atoms with van der Waals surface area (Å²) in [5.74, 6) is 0.657. The van der Waals surface area contributed by atoms with E-state index in [-0.39, 0.29) is 5.41 Å². The number of anilines is 1. The first-order valence-electron chi connectivity index (χ1n) is 5.76. The second-order valence-electron chi connectivity index (χ2n) is 4.73. The summed E-state index contributed by atoms with van der Waals surface area (Å²) in [6.45, 7) is 5.11. The standard InChI is InChI=1S/C14H15N3S/c1-14(2,12-6-4-8-18-12)10-17-13-11(9-15)5-3-7-16-13/h3-8H,10H2,1-2H3,(H,16,17). The molecule has 0 aliphatic rings. The van der Waals surface area contributed by atoms with Crippen LogP contribution in [0, 0.1) is 11.3 Å². The third kappa shape index (κ3) is 2.69. The molecule has 0 fully saturated rings. The molecule has 2 rings (SSSR count). The van der Waals surface area contributed by atoms with Crippen LogP contribution in [0.5, 0.6) is 0 Å². The Hall–Kier alpha value is -1.86. The minimum Gasteiger partial charge on any atom is -0.368 e. The highest BCUT2D eigenvalue weighted by Crippen LogP contribution is 2.27. The van der Waals surface area contributed by atoms with E-state index in [9.17, 15) is 0 Å². The lowest BCUT2D eigenvalue weighted by Gasteiger charge is -2.24. The summed E-state index contributed by atoms with van der Waals surface area (Å²) in [5.41, 5.74) is 0.609. The van der Waals surface area contributed by atoms with Crippen molar-refractivity contribution in [2.75, 3.05) is 11.9 Å². The van der Waals surface area contributed by atoms with E-state index >= 15 is 0 Å². The molecule has 3 nitrogen and oxygen atoms in total. The van der Waals surface area contributed by atoms with Crippen molar-refractivity contribution >= 4 is 17.2 Å². The lowest BCUT2D eigenvalue weighted by molar-refractivity contribution is 0.568. The summed E-state index contributed by atoms with van der Waals surface area (Å²) < 4.78 is 0. The van der Waals surface area contributed by atoms with E-state index in [1.807, 2.05) is 0 Å². The number of hydrogen-bond acceptors (Lipinski definition) is 4. The van der Waals surface area contributed by atoms with Crippen molar-refractivity contribution in [3.63, 3.8) is 0 Å². The van der Waals surface area contributed by atoms with Crippen LogP contribution in [0.25, 0.3) is 0 Å². The molecular weight excluding hydrogens is 242 g/mol. The van der Waals surface area contributed by atoms with Crippen LogP contribution in [0.4, 0.5) is 5.82 Å². The Morgan fingerprint density at radius 1 is 1.39 bits per heavy atom. The van der Waals surface area contributed by atoms with Crippen LogP contribution in [0.2, 0.25) is 0 Å². The molecule has 0 aliphatic carbocycles. The number of pyridine rings is 1. The first-order valence-corrected chi connectivity index (χ1v) is 6.64. The lowest BCUT2D eigenvalue weighted by Crippen LogP contribution is -2.27. The summed E-state index contributed by atoms with van der Waals surface area (Å²) in [4.78, 5) is 5.53. The third-order valence-corrected chi connectivity index (χ3v) is 4.05.